The fraction of sp³-hybridized carbons (Fsp3) is 0.250. The van der Waals surface area contributed by atoms with Crippen molar-refractivity contribution in [1.29, 1.82) is 0 Å². The molecule has 0 aliphatic carbocycles. The SMILES string of the molecule is C=c1ncc(OCC)nc1=C. The molecule has 3 nitrogen and oxygen atoms in total. The van der Waals surface area contributed by atoms with E-state index in [2.05, 4.69) is 23.1 Å². The van der Waals surface area contributed by atoms with Crippen LogP contribution in [0, 0.1) is 0 Å². The summed E-state index contributed by atoms with van der Waals surface area (Å²) in [6.45, 7) is 9.76. The van der Waals surface area contributed by atoms with Gasteiger partial charge in [0.15, 0.2) is 0 Å². The third kappa shape index (κ3) is 1.77. The van der Waals surface area contributed by atoms with E-state index in [0.717, 1.165) is 0 Å². The molecular weight excluding hydrogens is 140 g/mol. The van der Waals surface area contributed by atoms with E-state index in [0.29, 0.717) is 23.2 Å². The summed E-state index contributed by atoms with van der Waals surface area (Å²) in [5.74, 6) is 0.505. The van der Waals surface area contributed by atoms with E-state index in [1.807, 2.05) is 6.92 Å². The van der Waals surface area contributed by atoms with Gasteiger partial charge in [0.25, 0.3) is 0 Å². The molecule has 1 aromatic rings. The van der Waals surface area contributed by atoms with Crippen molar-refractivity contribution in [2.75, 3.05) is 6.61 Å². The smallest absolute Gasteiger partial charge is 0.232 e. The van der Waals surface area contributed by atoms with Gasteiger partial charge in [-0.3, -0.25) is 0 Å². The van der Waals surface area contributed by atoms with E-state index in [-0.39, 0.29) is 0 Å². The molecule has 0 aliphatic heterocycles. The lowest BCUT2D eigenvalue weighted by molar-refractivity contribution is 0.324. The molecule has 0 aliphatic rings. The van der Waals surface area contributed by atoms with Crippen molar-refractivity contribution in [1.82, 2.24) is 9.97 Å². The molecule has 0 saturated carbocycles. The second-order valence-corrected chi connectivity index (χ2v) is 2.03. The summed E-state index contributed by atoms with van der Waals surface area (Å²) in [5.41, 5.74) is 0. The average molecular weight is 150 g/mol. The van der Waals surface area contributed by atoms with E-state index < -0.39 is 0 Å². The Labute approximate surface area is 65.1 Å². The first-order valence-electron chi connectivity index (χ1n) is 3.37. The van der Waals surface area contributed by atoms with Gasteiger partial charge in [0.2, 0.25) is 5.88 Å². The summed E-state index contributed by atoms with van der Waals surface area (Å²) < 4.78 is 5.10. The first-order chi connectivity index (χ1) is 5.24. The van der Waals surface area contributed by atoms with Crippen LogP contribution in [0.4, 0.5) is 0 Å². The molecule has 0 N–H and O–H groups in total. The van der Waals surface area contributed by atoms with Crippen LogP contribution in [-0.2, 0) is 0 Å². The predicted octanol–water partition coefficient (Wildman–Crippen LogP) is -0.304. The Kier molecular flexibility index (Phi) is 2.21. The Hall–Kier alpha value is -1.38. The van der Waals surface area contributed by atoms with Crippen LogP contribution in [0.3, 0.4) is 0 Å². The first-order valence-corrected chi connectivity index (χ1v) is 3.37. The van der Waals surface area contributed by atoms with Gasteiger partial charge in [0.05, 0.1) is 23.5 Å². The predicted molar refractivity (Wildman–Crippen MR) is 43.5 cm³/mol. The maximum atomic E-state index is 5.10. The van der Waals surface area contributed by atoms with Crippen molar-refractivity contribution in [2.45, 2.75) is 6.92 Å². The van der Waals surface area contributed by atoms with Crippen LogP contribution in [-0.4, -0.2) is 16.6 Å². The van der Waals surface area contributed by atoms with Crippen LogP contribution in [0.15, 0.2) is 6.20 Å². The van der Waals surface area contributed by atoms with Crippen LogP contribution in [0.1, 0.15) is 6.92 Å². The molecule has 0 amide bonds. The van der Waals surface area contributed by atoms with Crippen LogP contribution in [0.5, 0.6) is 5.88 Å². The van der Waals surface area contributed by atoms with Crippen molar-refractivity contribution in [3.63, 3.8) is 0 Å². The maximum absolute atomic E-state index is 5.10. The topological polar surface area (TPSA) is 35.0 Å². The minimum atomic E-state index is 0.505. The molecule has 0 bridgehead atoms. The standard InChI is InChI=1S/C8H10N2O/c1-4-11-8-5-9-6(2)7(3)10-8/h5H,2-4H2,1H3. The third-order valence-corrected chi connectivity index (χ3v) is 1.20. The van der Waals surface area contributed by atoms with Gasteiger partial charge in [0.1, 0.15) is 0 Å². The summed E-state index contributed by atoms with van der Waals surface area (Å²) >= 11 is 0. The number of ether oxygens (including phenoxy) is 1. The fourth-order valence-electron chi connectivity index (χ4n) is 0.651. The van der Waals surface area contributed by atoms with Crippen molar-refractivity contribution < 1.29 is 4.74 Å². The molecule has 0 unspecified atom stereocenters. The van der Waals surface area contributed by atoms with Gasteiger partial charge in [-0.15, -0.1) is 0 Å². The Morgan fingerprint density at radius 2 is 2.18 bits per heavy atom. The summed E-state index contributed by atoms with van der Waals surface area (Å²) in [5, 5.41) is 1.16. The van der Waals surface area contributed by atoms with Gasteiger partial charge in [0, 0.05) is 0 Å². The summed E-state index contributed by atoms with van der Waals surface area (Å²) in [7, 11) is 0. The zero-order valence-corrected chi connectivity index (χ0v) is 6.50. The zero-order chi connectivity index (χ0) is 8.27. The normalized spacial score (nSPS) is 9.55. The molecule has 1 heterocycles. The molecule has 0 aromatic carbocycles. The van der Waals surface area contributed by atoms with Crippen LogP contribution < -0.4 is 15.4 Å². The molecule has 1 rings (SSSR count). The van der Waals surface area contributed by atoms with Gasteiger partial charge in [-0.1, -0.05) is 13.2 Å². The molecule has 1 aromatic heterocycles. The quantitative estimate of drug-likeness (QED) is 0.580. The Bertz CT molecular complexity index is 334. The highest BCUT2D eigenvalue weighted by molar-refractivity contribution is 5.09. The Morgan fingerprint density at radius 1 is 1.45 bits per heavy atom. The molecule has 0 fully saturated rings. The van der Waals surface area contributed by atoms with Gasteiger partial charge in [-0.25, -0.2) is 9.97 Å². The largest absolute Gasteiger partial charge is 0.477 e. The highest BCUT2D eigenvalue weighted by Gasteiger charge is 1.91. The number of rotatable bonds is 2. The van der Waals surface area contributed by atoms with Crippen molar-refractivity contribution in [3.05, 3.63) is 16.9 Å². The summed E-state index contributed by atoms with van der Waals surface area (Å²) in [6.07, 6.45) is 1.54. The Balaban J connectivity index is 3.06. The number of nitrogens with zero attached hydrogens (tertiary/aromatic N) is 2. The highest BCUT2D eigenvalue weighted by Crippen LogP contribution is 1.95. The average Bonchev–Trinajstić information content (AvgIpc) is 1.98. The number of aromatic nitrogens is 2. The van der Waals surface area contributed by atoms with Crippen molar-refractivity contribution in [3.8, 4) is 5.88 Å². The maximum Gasteiger partial charge on any atom is 0.232 e. The minimum absolute atomic E-state index is 0.505. The van der Waals surface area contributed by atoms with Crippen molar-refractivity contribution >= 4 is 13.2 Å². The molecule has 0 radical (unpaired) electrons. The highest BCUT2D eigenvalue weighted by atomic mass is 16.5. The van der Waals surface area contributed by atoms with E-state index in [1.165, 1.54) is 0 Å². The summed E-state index contributed by atoms with van der Waals surface area (Å²) in [4.78, 5) is 7.94. The molecule has 58 valence electrons. The molecule has 0 saturated heterocycles. The number of hydrogen-bond acceptors (Lipinski definition) is 3. The fourth-order valence-corrected chi connectivity index (χ4v) is 0.651. The van der Waals surface area contributed by atoms with Crippen LogP contribution in [0.25, 0.3) is 13.2 Å². The van der Waals surface area contributed by atoms with E-state index in [1.54, 1.807) is 6.20 Å². The minimum Gasteiger partial charge on any atom is -0.477 e. The van der Waals surface area contributed by atoms with E-state index in [4.69, 9.17) is 4.74 Å². The van der Waals surface area contributed by atoms with Gasteiger partial charge in [-0.2, -0.15) is 0 Å². The summed E-state index contributed by atoms with van der Waals surface area (Å²) in [6, 6.07) is 0. The molecular formula is C8H10N2O. The van der Waals surface area contributed by atoms with Crippen LogP contribution >= 0.6 is 0 Å². The lowest BCUT2D eigenvalue weighted by Gasteiger charge is -1.98. The lowest BCUT2D eigenvalue weighted by Crippen LogP contribution is -2.28. The molecule has 3 heteroatoms. The monoisotopic (exact) mass is 150 g/mol. The molecule has 11 heavy (non-hydrogen) atoms. The van der Waals surface area contributed by atoms with Gasteiger partial charge >= 0.3 is 0 Å². The lowest BCUT2D eigenvalue weighted by atomic mass is 10.5. The van der Waals surface area contributed by atoms with Crippen molar-refractivity contribution in [2.24, 2.45) is 0 Å². The van der Waals surface area contributed by atoms with E-state index >= 15 is 0 Å². The van der Waals surface area contributed by atoms with Gasteiger partial charge < -0.3 is 4.74 Å². The number of hydrogen-bond donors (Lipinski definition) is 0. The Morgan fingerprint density at radius 3 is 2.73 bits per heavy atom. The third-order valence-electron chi connectivity index (χ3n) is 1.20. The zero-order valence-electron chi connectivity index (χ0n) is 6.50. The van der Waals surface area contributed by atoms with Crippen LogP contribution in [0.2, 0.25) is 0 Å². The van der Waals surface area contributed by atoms with Gasteiger partial charge in [-0.05, 0) is 6.92 Å². The second-order valence-electron chi connectivity index (χ2n) is 2.03. The first kappa shape index (κ1) is 7.72. The van der Waals surface area contributed by atoms with E-state index in [9.17, 15) is 0 Å². The molecule has 0 atom stereocenters. The molecule has 0 spiro atoms. The second kappa shape index (κ2) is 3.14.